The van der Waals surface area contributed by atoms with E-state index in [1.54, 1.807) is 25.3 Å². The van der Waals surface area contributed by atoms with Gasteiger partial charge < -0.3 is 15.4 Å². The van der Waals surface area contributed by atoms with Gasteiger partial charge in [-0.3, -0.25) is 4.79 Å². The van der Waals surface area contributed by atoms with Gasteiger partial charge in [0.15, 0.2) is 6.04 Å². The summed E-state index contributed by atoms with van der Waals surface area (Å²) in [7, 11) is 1.65. The molecule has 0 spiro atoms. The maximum absolute atomic E-state index is 12.8. The van der Waals surface area contributed by atoms with E-state index in [9.17, 15) is 4.79 Å². The standard InChI is InChI=1S/C18H20Cl2N2O2/c1-12(11-24-2)21-17(13-6-4-3-5-7-13)18(23)22-16-9-14(19)8-15(20)10-16/h3-10,12,17,21H,11H2,1-2H3,(H,22,23)/p+1/t12-,17-/m0/s1. The molecule has 0 aromatic heterocycles. The highest BCUT2D eigenvalue weighted by atomic mass is 35.5. The van der Waals surface area contributed by atoms with Crippen LogP contribution in [0.4, 0.5) is 5.69 Å². The van der Waals surface area contributed by atoms with Crippen LogP contribution in [0.2, 0.25) is 10.0 Å². The Morgan fingerprint density at radius 1 is 1.17 bits per heavy atom. The van der Waals surface area contributed by atoms with Gasteiger partial charge in [0.2, 0.25) is 0 Å². The van der Waals surface area contributed by atoms with Gasteiger partial charge in [-0.25, -0.2) is 0 Å². The fraction of sp³-hybridized carbons (Fsp3) is 0.278. The van der Waals surface area contributed by atoms with Crippen molar-refractivity contribution < 1.29 is 14.8 Å². The predicted molar refractivity (Wildman–Crippen MR) is 97.5 cm³/mol. The van der Waals surface area contributed by atoms with Gasteiger partial charge in [-0.05, 0) is 25.1 Å². The number of benzene rings is 2. The Kier molecular flexibility index (Phi) is 7.06. The molecule has 0 unspecified atom stereocenters. The lowest BCUT2D eigenvalue weighted by Crippen LogP contribution is -2.92. The van der Waals surface area contributed by atoms with Gasteiger partial charge in [0.05, 0.1) is 6.61 Å². The molecular formula is C18H21Cl2N2O2+. The summed E-state index contributed by atoms with van der Waals surface area (Å²) in [5.74, 6) is -0.137. The molecule has 2 aromatic rings. The van der Waals surface area contributed by atoms with Crippen LogP contribution in [0.3, 0.4) is 0 Å². The fourth-order valence-corrected chi connectivity index (χ4v) is 3.03. The van der Waals surface area contributed by atoms with Crippen LogP contribution in [0.15, 0.2) is 48.5 Å². The number of amides is 1. The lowest BCUT2D eigenvalue weighted by molar-refractivity contribution is -0.713. The zero-order valence-electron chi connectivity index (χ0n) is 13.6. The molecule has 6 heteroatoms. The van der Waals surface area contributed by atoms with Crippen molar-refractivity contribution in [2.75, 3.05) is 19.0 Å². The number of methoxy groups -OCH3 is 1. The summed E-state index contributed by atoms with van der Waals surface area (Å²) in [4.78, 5) is 12.8. The van der Waals surface area contributed by atoms with Gasteiger partial charge in [0.25, 0.3) is 5.91 Å². The first-order chi connectivity index (χ1) is 11.5. The zero-order valence-corrected chi connectivity index (χ0v) is 15.1. The predicted octanol–water partition coefficient (Wildman–Crippen LogP) is 3.27. The number of anilines is 1. The highest BCUT2D eigenvalue weighted by molar-refractivity contribution is 6.35. The van der Waals surface area contributed by atoms with Gasteiger partial charge in [0.1, 0.15) is 6.04 Å². The molecule has 2 rings (SSSR count). The van der Waals surface area contributed by atoms with Crippen molar-refractivity contribution in [1.29, 1.82) is 0 Å². The molecule has 0 radical (unpaired) electrons. The van der Waals surface area contributed by atoms with Gasteiger partial charge >= 0.3 is 0 Å². The van der Waals surface area contributed by atoms with E-state index < -0.39 is 6.04 Å². The molecular weight excluding hydrogens is 347 g/mol. The van der Waals surface area contributed by atoms with E-state index in [2.05, 4.69) is 5.32 Å². The number of halogens is 2. The summed E-state index contributed by atoms with van der Waals surface area (Å²) in [5, 5.41) is 5.83. The van der Waals surface area contributed by atoms with Crippen LogP contribution >= 0.6 is 23.2 Å². The molecule has 0 aliphatic carbocycles. The second-order valence-electron chi connectivity index (χ2n) is 5.66. The quantitative estimate of drug-likeness (QED) is 0.788. The number of nitrogens with one attached hydrogen (secondary N) is 1. The van der Waals surface area contributed by atoms with Crippen molar-refractivity contribution in [3.8, 4) is 0 Å². The Balaban J connectivity index is 2.20. The van der Waals surface area contributed by atoms with Crippen LogP contribution in [-0.2, 0) is 9.53 Å². The van der Waals surface area contributed by atoms with Crippen molar-refractivity contribution in [2.24, 2.45) is 0 Å². The minimum absolute atomic E-state index is 0.133. The molecule has 2 aromatic carbocycles. The number of ether oxygens (including phenoxy) is 1. The maximum atomic E-state index is 12.8. The van der Waals surface area contributed by atoms with Gasteiger partial charge in [0, 0.05) is 28.4 Å². The summed E-state index contributed by atoms with van der Waals surface area (Å²) in [6, 6.07) is 14.3. The molecule has 0 aliphatic heterocycles. The van der Waals surface area contributed by atoms with Crippen molar-refractivity contribution >= 4 is 34.8 Å². The highest BCUT2D eigenvalue weighted by Gasteiger charge is 2.26. The Morgan fingerprint density at radius 3 is 2.38 bits per heavy atom. The van der Waals surface area contributed by atoms with E-state index in [4.69, 9.17) is 27.9 Å². The van der Waals surface area contributed by atoms with E-state index in [1.807, 2.05) is 42.6 Å². The number of hydrogen-bond acceptors (Lipinski definition) is 2. The molecule has 0 heterocycles. The largest absolute Gasteiger partial charge is 0.379 e. The summed E-state index contributed by atoms with van der Waals surface area (Å²) < 4.78 is 5.17. The molecule has 4 nitrogen and oxygen atoms in total. The minimum Gasteiger partial charge on any atom is -0.379 e. The van der Waals surface area contributed by atoms with Crippen LogP contribution in [0, 0.1) is 0 Å². The molecule has 0 saturated heterocycles. The monoisotopic (exact) mass is 367 g/mol. The maximum Gasteiger partial charge on any atom is 0.287 e. The minimum atomic E-state index is -0.394. The average molecular weight is 368 g/mol. The third kappa shape index (κ3) is 5.49. The Hall–Kier alpha value is -1.59. The zero-order chi connectivity index (χ0) is 17.5. The molecule has 0 aliphatic rings. The van der Waals surface area contributed by atoms with Crippen molar-refractivity contribution in [3.63, 3.8) is 0 Å². The summed E-state index contributed by atoms with van der Waals surface area (Å²) >= 11 is 12.0. The highest BCUT2D eigenvalue weighted by Crippen LogP contribution is 2.23. The van der Waals surface area contributed by atoms with Crippen molar-refractivity contribution in [2.45, 2.75) is 19.0 Å². The second-order valence-corrected chi connectivity index (χ2v) is 6.53. The third-order valence-electron chi connectivity index (χ3n) is 3.52. The normalized spacial score (nSPS) is 13.3. The fourth-order valence-electron chi connectivity index (χ4n) is 2.50. The molecule has 0 fully saturated rings. The lowest BCUT2D eigenvalue weighted by Gasteiger charge is -2.20. The molecule has 0 saturated carbocycles. The average Bonchev–Trinajstić information content (AvgIpc) is 2.52. The molecule has 24 heavy (non-hydrogen) atoms. The number of carbonyl (C=O) groups excluding carboxylic acids is 1. The first kappa shape index (κ1) is 18.7. The molecule has 3 N–H and O–H groups in total. The summed E-state index contributed by atoms with van der Waals surface area (Å²) in [6.07, 6.45) is 0. The van der Waals surface area contributed by atoms with Crippen LogP contribution in [0.5, 0.6) is 0 Å². The molecule has 1 amide bonds. The second kappa shape index (κ2) is 9.04. The van der Waals surface area contributed by atoms with Crippen LogP contribution in [0.1, 0.15) is 18.5 Å². The molecule has 128 valence electrons. The summed E-state index contributed by atoms with van der Waals surface area (Å²) in [5.41, 5.74) is 1.50. The van der Waals surface area contributed by atoms with Crippen molar-refractivity contribution in [1.82, 2.24) is 0 Å². The van der Waals surface area contributed by atoms with E-state index in [0.717, 1.165) is 5.56 Å². The number of nitrogens with two attached hydrogens (primary N) is 1. The number of carbonyl (C=O) groups is 1. The van der Waals surface area contributed by atoms with E-state index in [0.29, 0.717) is 22.3 Å². The molecule has 2 atom stereocenters. The first-order valence-corrected chi connectivity index (χ1v) is 8.41. The topological polar surface area (TPSA) is 54.9 Å². The van der Waals surface area contributed by atoms with Crippen LogP contribution < -0.4 is 10.6 Å². The van der Waals surface area contributed by atoms with Gasteiger partial charge in [-0.2, -0.15) is 0 Å². The first-order valence-electron chi connectivity index (χ1n) is 7.65. The lowest BCUT2D eigenvalue weighted by atomic mass is 10.0. The van der Waals surface area contributed by atoms with Gasteiger partial charge in [-0.15, -0.1) is 0 Å². The van der Waals surface area contributed by atoms with E-state index >= 15 is 0 Å². The number of quaternary nitrogens is 1. The molecule has 0 bridgehead atoms. The smallest absolute Gasteiger partial charge is 0.287 e. The van der Waals surface area contributed by atoms with Crippen molar-refractivity contribution in [3.05, 3.63) is 64.1 Å². The number of hydrogen-bond donors (Lipinski definition) is 2. The Morgan fingerprint density at radius 2 is 1.79 bits per heavy atom. The van der Waals surface area contributed by atoms with Crippen LogP contribution in [0.25, 0.3) is 0 Å². The summed E-state index contributed by atoms with van der Waals surface area (Å²) in [6.45, 7) is 2.57. The van der Waals surface area contributed by atoms with Gasteiger partial charge in [-0.1, -0.05) is 53.5 Å². The Bertz CT molecular complexity index is 660. The number of rotatable bonds is 7. The third-order valence-corrected chi connectivity index (χ3v) is 3.96. The van der Waals surface area contributed by atoms with E-state index in [-0.39, 0.29) is 11.9 Å². The van der Waals surface area contributed by atoms with Crippen LogP contribution in [-0.4, -0.2) is 25.7 Å². The SMILES string of the molecule is COC[C@H](C)[NH2+][C@H](C(=O)Nc1cc(Cl)cc(Cl)c1)c1ccccc1. The van der Waals surface area contributed by atoms with E-state index in [1.165, 1.54) is 0 Å². The Labute approximate surface area is 152 Å².